The molecule has 9 heteroatoms. The Morgan fingerprint density at radius 1 is 1.62 bits per heavy atom. The van der Waals surface area contributed by atoms with E-state index >= 15 is 0 Å². The van der Waals surface area contributed by atoms with Crippen LogP contribution in [0.4, 0.5) is 11.5 Å². The van der Waals surface area contributed by atoms with Crippen molar-refractivity contribution in [1.82, 2.24) is 15.1 Å². The second-order valence-electron chi connectivity index (χ2n) is 4.80. The van der Waals surface area contributed by atoms with Crippen LogP contribution in [0, 0.1) is 17.0 Å². The van der Waals surface area contributed by atoms with Crippen LogP contribution in [-0.2, 0) is 16.6 Å². The van der Waals surface area contributed by atoms with Gasteiger partial charge in [0.25, 0.3) is 0 Å². The highest BCUT2D eigenvalue weighted by atomic mass is 16.6. The maximum atomic E-state index is 12.1. The fraction of sp³-hybridized carbons (Fsp3) is 0.667. The third-order valence-electron chi connectivity index (χ3n) is 3.42. The molecule has 116 valence electrons. The third-order valence-corrected chi connectivity index (χ3v) is 3.42. The molecule has 0 bridgehead atoms. The fourth-order valence-electron chi connectivity index (χ4n) is 2.58. The molecule has 9 nitrogen and oxygen atoms in total. The van der Waals surface area contributed by atoms with Gasteiger partial charge in [-0.1, -0.05) is 0 Å². The normalized spacial score (nSPS) is 18.6. The molecule has 1 unspecified atom stereocenters. The molecule has 1 atom stereocenters. The first-order chi connectivity index (χ1) is 9.97. The Kier molecular flexibility index (Phi) is 4.41. The smallest absolute Gasteiger partial charge is 0.333 e. The average molecular weight is 297 g/mol. The summed E-state index contributed by atoms with van der Waals surface area (Å²) in [6.07, 6.45) is 0. The number of rotatable bonds is 4. The molecule has 0 aliphatic carbocycles. The van der Waals surface area contributed by atoms with E-state index in [1.165, 1.54) is 4.68 Å². The lowest BCUT2D eigenvalue weighted by Gasteiger charge is -2.35. The van der Waals surface area contributed by atoms with Crippen LogP contribution in [0.5, 0.6) is 0 Å². The van der Waals surface area contributed by atoms with E-state index < -0.39 is 16.9 Å². The number of nitro groups is 1. The summed E-state index contributed by atoms with van der Waals surface area (Å²) in [5.41, 5.74) is 0.271. The molecule has 2 rings (SSSR count). The molecular weight excluding hydrogens is 278 g/mol. The van der Waals surface area contributed by atoms with Gasteiger partial charge in [0.15, 0.2) is 0 Å². The van der Waals surface area contributed by atoms with Crippen LogP contribution < -0.4 is 10.2 Å². The molecule has 0 saturated carbocycles. The molecule has 0 amide bonds. The molecular formula is C12H19N5O4. The Morgan fingerprint density at radius 2 is 2.33 bits per heavy atom. The van der Waals surface area contributed by atoms with Crippen LogP contribution in [0.2, 0.25) is 0 Å². The number of carbonyl (C=O) groups excluding carboxylic acids is 1. The molecule has 2 heterocycles. The zero-order valence-electron chi connectivity index (χ0n) is 12.3. The van der Waals surface area contributed by atoms with Crippen molar-refractivity contribution in [2.75, 3.05) is 31.1 Å². The minimum Gasteiger partial charge on any atom is -0.464 e. The largest absolute Gasteiger partial charge is 0.464 e. The molecule has 1 N–H and O–H groups in total. The van der Waals surface area contributed by atoms with Gasteiger partial charge in [-0.15, -0.1) is 0 Å². The predicted molar refractivity (Wildman–Crippen MR) is 75.2 cm³/mol. The molecule has 0 spiro atoms. The van der Waals surface area contributed by atoms with E-state index in [9.17, 15) is 14.9 Å². The number of aromatic nitrogens is 2. The van der Waals surface area contributed by atoms with E-state index in [1.54, 1.807) is 25.8 Å². The van der Waals surface area contributed by atoms with Crippen LogP contribution >= 0.6 is 0 Å². The number of carbonyl (C=O) groups is 1. The van der Waals surface area contributed by atoms with Crippen LogP contribution in [0.3, 0.4) is 0 Å². The highest BCUT2D eigenvalue weighted by Crippen LogP contribution is 2.32. The molecule has 1 aliphatic heterocycles. The number of piperazine rings is 1. The predicted octanol–water partition coefficient (Wildman–Crippen LogP) is -0.0220. The summed E-state index contributed by atoms with van der Waals surface area (Å²) >= 11 is 0. The summed E-state index contributed by atoms with van der Waals surface area (Å²) in [5.74, 6) is -0.0464. The SMILES string of the molecule is CCOC(=O)C1CNCCN1c1c([N+](=O)[O-])c(C)nn1C. The molecule has 1 aromatic rings. The van der Waals surface area contributed by atoms with Gasteiger partial charge in [0.05, 0.1) is 11.5 Å². The zero-order valence-corrected chi connectivity index (χ0v) is 12.3. The van der Waals surface area contributed by atoms with Crippen molar-refractivity contribution in [3.8, 4) is 0 Å². The first kappa shape index (κ1) is 15.2. The summed E-state index contributed by atoms with van der Waals surface area (Å²) in [6, 6.07) is -0.591. The van der Waals surface area contributed by atoms with E-state index in [0.29, 0.717) is 31.1 Å². The maximum Gasteiger partial charge on any atom is 0.333 e. The van der Waals surface area contributed by atoms with Crippen LogP contribution in [0.15, 0.2) is 0 Å². The Morgan fingerprint density at radius 3 is 2.95 bits per heavy atom. The lowest BCUT2D eigenvalue weighted by Crippen LogP contribution is -2.56. The van der Waals surface area contributed by atoms with Gasteiger partial charge in [-0.3, -0.25) is 10.1 Å². The molecule has 1 aliphatic rings. The van der Waals surface area contributed by atoms with E-state index in [4.69, 9.17) is 4.74 Å². The van der Waals surface area contributed by atoms with Crippen molar-refractivity contribution in [2.45, 2.75) is 19.9 Å². The molecule has 1 saturated heterocycles. The molecule has 0 aromatic carbocycles. The number of hydrogen-bond donors (Lipinski definition) is 1. The summed E-state index contributed by atoms with van der Waals surface area (Å²) in [5, 5.41) is 18.5. The Bertz CT molecular complexity index is 556. The first-order valence-electron chi connectivity index (χ1n) is 6.79. The maximum absolute atomic E-state index is 12.1. The van der Waals surface area contributed by atoms with Gasteiger partial charge in [0.1, 0.15) is 11.7 Å². The highest BCUT2D eigenvalue weighted by Gasteiger charge is 2.37. The van der Waals surface area contributed by atoms with Gasteiger partial charge in [0, 0.05) is 26.7 Å². The van der Waals surface area contributed by atoms with Gasteiger partial charge < -0.3 is 15.0 Å². The fourth-order valence-corrected chi connectivity index (χ4v) is 2.58. The third kappa shape index (κ3) is 2.82. The lowest BCUT2D eigenvalue weighted by molar-refractivity contribution is -0.384. The number of hydrogen-bond acceptors (Lipinski definition) is 7. The average Bonchev–Trinajstić information content (AvgIpc) is 2.73. The van der Waals surface area contributed by atoms with E-state index in [0.717, 1.165) is 0 Å². The molecule has 0 radical (unpaired) electrons. The van der Waals surface area contributed by atoms with Crippen molar-refractivity contribution < 1.29 is 14.5 Å². The van der Waals surface area contributed by atoms with Crippen molar-refractivity contribution in [3.63, 3.8) is 0 Å². The van der Waals surface area contributed by atoms with Gasteiger partial charge in [-0.05, 0) is 13.8 Å². The number of esters is 1. The standard InChI is InChI=1S/C12H19N5O4/c1-4-21-12(18)9-7-13-5-6-16(9)11-10(17(19)20)8(2)14-15(11)3/h9,13H,4-7H2,1-3H3. The van der Waals surface area contributed by atoms with E-state index in [1.807, 2.05) is 0 Å². The van der Waals surface area contributed by atoms with E-state index in [2.05, 4.69) is 10.4 Å². The summed E-state index contributed by atoms with van der Waals surface area (Å²) in [4.78, 5) is 24.6. The monoisotopic (exact) mass is 297 g/mol. The van der Waals surface area contributed by atoms with Crippen molar-refractivity contribution in [2.24, 2.45) is 7.05 Å². The van der Waals surface area contributed by atoms with Gasteiger partial charge in [-0.25, -0.2) is 9.48 Å². The second-order valence-corrected chi connectivity index (χ2v) is 4.80. The summed E-state index contributed by atoms with van der Waals surface area (Å²) < 4.78 is 6.51. The number of nitrogens with one attached hydrogen (secondary N) is 1. The van der Waals surface area contributed by atoms with Gasteiger partial charge in [-0.2, -0.15) is 5.10 Å². The molecule has 1 fully saturated rings. The van der Waals surface area contributed by atoms with Crippen molar-refractivity contribution in [3.05, 3.63) is 15.8 Å². The minimum atomic E-state index is -0.591. The highest BCUT2D eigenvalue weighted by molar-refractivity contribution is 5.82. The van der Waals surface area contributed by atoms with Crippen LogP contribution in [0.25, 0.3) is 0 Å². The van der Waals surface area contributed by atoms with Crippen LogP contribution in [-0.4, -0.2) is 53.0 Å². The minimum absolute atomic E-state index is 0.0614. The van der Waals surface area contributed by atoms with Crippen LogP contribution in [0.1, 0.15) is 12.6 Å². The molecule has 1 aromatic heterocycles. The Hall–Kier alpha value is -2.16. The first-order valence-corrected chi connectivity index (χ1v) is 6.79. The number of nitrogens with zero attached hydrogens (tertiary/aromatic N) is 4. The van der Waals surface area contributed by atoms with E-state index in [-0.39, 0.29) is 12.3 Å². The van der Waals surface area contributed by atoms with Gasteiger partial charge >= 0.3 is 11.7 Å². The lowest BCUT2D eigenvalue weighted by atomic mass is 10.2. The number of anilines is 1. The Labute approximate surface area is 122 Å². The quantitative estimate of drug-likeness (QED) is 0.473. The zero-order chi connectivity index (χ0) is 15.6. The number of ether oxygens (including phenoxy) is 1. The Balaban J connectivity index is 2.42. The summed E-state index contributed by atoms with van der Waals surface area (Å²) in [6.45, 7) is 5.09. The van der Waals surface area contributed by atoms with Crippen molar-refractivity contribution >= 4 is 17.5 Å². The van der Waals surface area contributed by atoms with Gasteiger partial charge in [0.2, 0.25) is 5.82 Å². The second kappa shape index (κ2) is 6.08. The van der Waals surface area contributed by atoms with Crippen molar-refractivity contribution in [1.29, 1.82) is 0 Å². The topological polar surface area (TPSA) is 103 Å². The number of aryl methyl sites for hydroxylation is 2. The summed E-state index contributed by atoms with van der Waals surface area (Å²) in [7, 11) is 1.64. The molecule has 21 heavy (non-hydrogen) atoms.